The monoisotopic (exact) mass is 785 g/mol. The molecule has 276 valence electrons. The van der Waals surface area contributed by atoms with E-state index < -0.39 is 26.9 Å². The van der Waals surface area contributed by atoms with Gasteiger partial charge in [-0.2, -0.15) is 13.2 Å². The Hall–Kier alpha value is -2.72. The van der Waals surface area contributed by atoms with E-state index in [4.69, 9.17) is 47.8 Å². The molecule has 18 heteroatoms. The number of hydrogen-bond donors (Lipinski definition) is 0. The molecule has 0 bridgehead atoms. The smallest absolute Gasteiger partial charge is 0.737 e. The molecular weight excluding hydrogens is 747 g/mol. The molecule has 0 aliphatic carbocycles. The summed E-state index contributed by atoms with van der Waals surface area (Å²) < 4.78 is 97.5. The van der Waals surface area contributed by atoms with Crippen LogP contribution in [0.15, 0.2) is 47.3 Å². The molecule has 3 aromatic rings. The molecule has 1 aromatic carbocycles. The zero-order chi connectivity index (χ0) is 38.1. The van der Waals surface area contributed by atoms with Crippen molar-refractivity contribution in [1.29, 1.82) is 0 Å². The van der Waals surface area contributed by atoms with Crippen LogP contribution in [0, 0.1) is 13.8 Å². The van der Waals surface area contributed by atoms with Gasteiger partial charge in [-0.1, -0.05) is 62.0 Å². The lowest BCUT2D eigenvalue weighted by molar-refractivity contribution is -0.661. The van der Waals surface area contributed by atoms with Crippen LogP contribution in [-0.2, 0) is 30.0 Å². The number of rotatable bonds is 7. The fraction of sp³-hybridized carbons (Fsp3) is 0.469. The first kappa shape index (κ1) is 41.7. The van der Waals surface area contributed by atoms with Crippen LogP contribution < -0.4 is 4.68 Å². The van der Waals surface area contributed by atoms with Crippen LogP contribution in [-0.4, -0.2) is 54.3 Å². The number of nitrogens with zero attached hydrogens (tertiary/aromatic N) is 5. The van der Waals surface area contributed by atoms with Crippen molar-refractivity contribution >= 4 is 63.2 Å². The number of fused-ring (bicyclic) bond motifs is 2. The Labute approximate surface area is 304 Å². The van der Waals surface area contributed by atoms with E-state index in [1.807, 2.05) is 70.1 Å². The van der Waals surface area contributed by atoms with Gasteiger partial charge in [0.15, 0.2) is 37.7 Å². The van der Waals surface area contributed by atoms with Gasteiger partial charge in [0.05, 0.1) is 10.8 Å². The fourth-order valence-corrected chi connectivity index (χ4v) is 6.70. The molecule has 0 unspecified atom stereocenters. The van der Waals surface area contributed by atoms with Crippen LogP contribution in [0.4, 0.5) is 21.8 Å². The van der Waals surface area contributed by atoms with E-state index in [0.717, 1.165) is 71.2 Å². The van der Waals surface area contributed by atoms with Crippen LogP contribution in [0.1, 0.15) is 87.7 Å². The molecule has 0 fully saturated rings. The number of hydrogen-bond acceptors (Lipinski definition) is 4. The van der Waals surface area contributed by atoms with Crippen molar-refractivity contribution in [3.8, 4) is 5.69 Å². The quantitative estimate of drug-likeness (QED) is 0.0603. The Morgan fingerprint density at radius 1 is 1.00 bits per heavy atom. The largest absolute Gasteiger partial charge is 0.741 e. The van der Waals surface area contributed by atoms with E-state index >= 15 is 8.63 Å². The highest BCUT2D eigenvalue weighted by Gasteiger charge is 2.56. The molecule has 0 saturated carbocycles. The lowest BCUT2D eigenvalue weighted by Crippen LogP contribution is -2.51. The van der Waals surface area contributed by atoms with E-state index in [1.54, 1.807) is 0 Å². The highest BCUT2D eigenvalue weighted by Crippen LogP contribution is 2.47. The van der Waals surface area contributed by atoms with Crippen LogP contribution in [0.5, 0.6) is 0 Å². The predicted octanol–water partition coefficient (Wildman–Crippen LogP) is 8.27. The number of aryl methyl sites for hydroxylation is 2. The summed E-state index contributed by atoms with van der Waals surface area (Å²) in [5.41, 5.74) is 4.88. The average Bonchev–Trinajstić information content (AvgIpc) is 3.59. The van der Waals surface area contributed by atoms with Crippen LogP contribution >= 0.6 is 34.8 Å². The van der Waals surface area contributed by atoms with Gasteiger partial charge in [-0.25, -0.2) is 8.42 Å². The summed E-state index contributed by atoms with van der Waals surface area (Å²) in [7, 11) is -4.11. The van der Waals surface area contributed by atoms with E-state index in [-0.39, 0.29) is 0 Å². The molecule has 2 aromatic heterocycles. The number of halogens is 8. The second-order valence-electron chi connectivity index (χ2n) is 11.9. The minimum absolute atomic E-state index is 0.653. The van der Waals surface area contributed by atoms with Crippen molar-refractivity contribution in [2.45, 2.75) is 90.4 Å². The topological polar surface area (TPSA) is 86.8 Å². The number of alkyl halides is 6. The minimum atomic E-state index is -6.09. The third-order valence-corrected chi connectivity index (χ3v) is 9.47. The van der Waals surface area contributed by atoms with Crippen molar-refractivity contribution in [3.05, 3.63) is 81.1 Å². The Morgan fingerprint density at radius 3 is 2.00 bits per heavy atom. The fourth-order valence-electron chi connectivity index (χ4n) is 6.70. The Morgan fingerprint density at radius 2 is 1.54 bits per heavy atom. The summed E-state index contributed by atoms with van der Waals surface area (Å²) >= 11 is 14.4. The van der Waals surface area contributed by atoms with Gasteiger partial charge in [-0.3, -0.25) is 0 Å². The Balaban J connectivity index is 0.000000485. The average molecular weight is 787 g/mol. The SMILES string of the molecule is CCCCc1c[n+](-c2ccc(C3=C4C(C)=C(CC)C(C)=[N+]4[B-](F)(F)n4c(C)c(CC)c(C)c43)cc2)nn1C.ClC(Cl)Cl.O=S(=O)([O-])C(F)(F)F. The molecule has 2 aliphatic heterocycles. The maximum Gasteiger partial charge on any atom is 0.737 e. The predicted molar refractivity (Wildman–Crippen MR) is 187 cm³/mol. The van der Waals surface area contributed by atoms with E-state index in [1.165, 1.54) is 14.7 Å². The van der Waals surface area contributed by atoms with Gasteiger partial charge < -0.3 is 22.1 Å². The summed E-state index contributed by atoms with van der Waals surface area (Å²) in [4.78, 5) is 0. The van der Waals surface area contributed by atoms with Crippen molar-refractivity contribution in [2.75, 3.05) is 0 Å². The van der Waals surface area contributed by atoms with Crippen molar-refractivity contribution in [1.82, 2.24) is 14.4 Å². The Kier molecular flexibility index (Phi) is 13.3. The first-order valence-corrected chi connectivity index (χ1v) is 18.6. The molecule has 0 amide bonds. The van der Waals surface area contributed by atoms with Gasteiger partial charge in [0.1, 0.15) is 12.8 Å². The second kappa shape index (κ2) is 15.9. The number of unbranched alkanes of at least 4 members (excludes halogenated alkanes) is 1. The van der Waals surface area contributed by atoms with Gasteiger partial charge in [-0.15, -0.1) is 9.36 Å². The summed E-state index contributed by atoms with van der Waals surface area (Å²) in [5, 5.41) is 4.67. The summed E-state index contributed by atoms with van der Waals surface area (Å²) in [6, 6.07) is 8.21. The molecule has 0 atom stereocenters. The third kappa shape index (κ3) is 8.17. The second-order valence-corrected chi connectivity index (χ2v) is 15.2. The molecule has 0 saturated heterocycles. The summed E-state index contributed by atoms with van der Waals surface area (Å²) in [6.07, 6.45) is 6.78. The molecular formula is C32H40BCl3F5N5O3S. The van der Waals surface area contributed by atoms with Crippen LogP contribution in [0.25, 0.3) is 11.3 Å². The van der Waals surface area contributed by atoms with E-state index in [0.29, 0.717) is 22.8 Å². The summed E-state index contributed by atoms with van der Waals surface area (Å²) in [6.45, 7) is 9.96. The molecule has 4 heterocycles. The van der Waals surface area contributed by atoms with Gasteiger partial charge in [0.25, 0.3) is 0 Å². The van der Waals surface area contributed by atoms with Crippen molar-refractivity contribution < 1.29 is 43.9 Å². The Bertz CT molecular complexity index is 1950. The molecule has 0 radical (unpaired) electrons. The normalized spacial score (nSPS) is 15.6. The third-order valence-electron chi connectivity index (χ3n) is 8.90. The lowest BCUT2D eigenvalue weighted by Gasteiger charge is -2.34. The lowest BCUT2D eigenvalue weighted by atomic mass is 9.83. The van der Waals surface area contributed by atoms with Gasteiger partial charge in [0.2, 0.25) is 0 Å². The maximum absolute atomic E-state index is 16.4. The zero-order valence-corrected chi connectivity index (χ0v) is 32.1. The van der Waals surface area contributed by atoms with E-state index in [2.05, 4.69) is 30.5 Å². The van der Waals surface area contributed by atoms with Crippen LogP contribution in [0.3, 0.4) is 0 Å². The minimum Gasteiger partial charge on any atom is -0.741 e. The number of allylic oxidation sites excluding steroid dienone is 2. The standard InChI is InChI=1S/C30H39BF2N5.CHCl3.CHF3O3S/c1-9-12-13-25-18-36(34-35(25)8)24-16-14-23(15-17-24)28-29-19(4)26(10-2)21(6)37(29)31(32,33)38-22(7)27(11-3)20(5)30(28)38;2-1(3)4;2-1(3,4)8(5,6)7/h14-18H,9-13H2,1-8H3;1H;(H,5,6,7)/q+1;;/p-1. The zero-order valence-electron chi connectivity index (χ0n) is 29.0. The van der Waals surface area contributed by atoms with E-state index in [9.17, 15) is 13.2 Å². The number of benzene rings is 1. The first-order chi connectivity index (χ1) is 23.1. The van der Waals surface area contributed by atoms with Gasteiger partial charge in [0, 0.05) is 30.2 Å². The van der Waals surface area contributed by atoms with Gasteiger partial charge in [-0.05, 0) is 86.7 Å². The van der Waals surface area contributed by atoms with Crippen molar-refractivity contribution in [3.63, 3.8) is 0 Å². The van der Waals surface area contributed by atoms with Crippen LogP contribution in [0.2, 0.25) is 0 Å². The molecule has 50 heavy (non-hydrogen) atoms. The van der Waals surface area contributed by atoms with Gasteiger partial charge >= 0.3 is 12.5 Å². The summed E-state index contributed by atoms with van der Waals surface area (Å²) in [5.74, 6) is 0. The molecule has 0 N–H and O–H groups in total. The molecule has 8 nitrogen and oxygen atoms in total. The molecule has 0 spiro atoms. The number of aromatic nitrogens is 4. The molecule has 2 aliphatic rings. The van der Waals surface area contributed by atoms with Crippen molar-refractivity contribution in [2.24, 2.45) is 7.05 Å². The maximum atomic E-state index is 16.4. The first-order valence-electron chi connectivity index (χ1n) is 15.9. The highest BCUT2D eigenvalue weighted by molar-refractivity contribution is 7.86. The highest BCUT2D eigenvalue weighted by atomic mass is 35.6. The molecule has 5 rings (SSSR count).